The fraction of sp³-hybridized carbons (Fsp3) is 0.455. The number of ether oxygens (including phenoxy) is 1. The van der Waals surface area contributed by atoms with Crippen LogP contribution >= 0.6 is 11.3 Å². The summed E-state index contributed by atoms with van der Waals surface area (Å²) in [6.45, 7) is 5.83. The third-order valence-electron chi connectivity index (χ3n) is 5.76. The molecule has 0 aromatic carbocycles. The van der Waals surface area contributed by atoms with Crippen molar-refractivity contribution in [2.24, 2.45) is 0 Å². The number of thiophene rings is 1. The highest BCUT2D eigenvalue weighted by Crippen LogP contribution is 2.39. The lowest BCUT2D eigenvalue weighted by atomic mass is 9.95. The van der Waals surface area contributed by atoms with Crippen LogP contribution in [0.4, 0.5) is 0 Å². The fourth-order valence-electron chi connectivity index (χ4n) is 4.11. The highest BCUT2D eigenvalue weighted by Gasteiger charge is 2.33. The molecule has 3 aromatic heterocycles. The number of hydrogen-bond acceptors (Lipinski definition) is 7. The van der Waals surface area contributed by atoms with Crippen LogP contribution in [-0.4, -0.2) is 60.2 Å². The average molecular weight is 443 g/mol. The molecule has 0 aliphatic carbocycles. The number of nitrogens with zero attached hydrogens (tertiary/aromatic N) is 3. The van der Waals surface area contributed by atoms with E-state index in [0.717, 1.165) is 33.5 Å². The molecule has 4 rings (SSSR count). The highest BCUT2D eigenvalue weighted by atomic mass is 32.1. The first kappa shape index (κ1) is 21.5. The minimum Gasteiger partial charge on any atom is -0.383 e. The van der Waals surface area contributed by atoms with Crippen LogP contribution in [0, 0.1) is 13.8 Å². The molecule has 0 spiro atoms. The lowest BCUT2D eigenvalue weighted by Gasteiger charge is -2.17. The molecular weight excluding hydrogens is 416 g/mol. The van der Waals surface area contributed by atoms with E-state index in [1.165, 1.54) is 11.3 Å². The van der Waals surface area contributed by atoms with E-state index in [0.29, 0.717) is 36.9 Å². The number of carbonyl (C=O) groups is 2. The van der Waals surface area contributed by atoms with Gasteiger partial charge in [0.25, 0.3) is 5.91 Å². The van der Waals surface area contributed by atoms with E-state index in [2.05, 4.69) is 15.5 Å². The predicted molar refractivity (Wildman–Crippen MR) is 117 cm³/mol. The number of hydrogen-bond donors (Lipinski definition) is 1. The Balaban J connectivity index is 1.55. The number of methoxy groups -OCH3 is 1. The molecule has 0 radical (unpaired) electrons. The molecule has 1 aliphatic heterocycles. The van der Waals surface area contributed by atoms with Crippen LogP contribution in [0.3, 0.4) is 0 Å². The molecule has 31 heavy (non-hydrogen) atoms. The molecule has 3 aromatic rings. The summed E-state index contributed by atoms with van der Waals surface area (Å²) < 4.78 is 10.2. The Labute approximate surface area is 184 Å². The summed E-state index contributed by atoms with van der Waals surface area (Å²) in [5.41, 5.74) is 2.61. The first-order valence-electron chi connectivity index (χ1n) is 10.3. The van der Waals surface area contributed by atoms with Crippen LogP contribution in [0.1, 0.15) is 44.6 Å². The van der Waals surface area contributed by atoms with E-state index < -0.39 is 0 Å². The van der Waals surface area contributed by atoms with Crippen molar-refractivity contribution in [1.29, 1.82) is 0 Å². The van der Waals surface area contributed by atoms with Gasteiger partial charge in [-0.3, -0.25) is 9.59 Å². The third kappa shape index (κ3) is 4.33. The number of aryl methyl sites for hydroxylation is 2. The number of fused-ring (bicyclic) bond motifs is 1. The number of rotatable bonds is 7. The zero-order valence-corrected chi connectivity index (χ0v) is 18.8. The van der Waals surface area contributed by atoms with E-state index in [9.17, 15) is 9.59 Å². The minimum absolute atomic E-state index is 0.0562. The second-order valence-corrected chi connectivity index (χ2v) is 8.75. The number of amides is 2. The molecule has 0 bridgehead atoms. The largest absolute Gasteiger partial charge is 0.383 e. The van der Waals surface area contributed by atoms with Crippen molar-refractivity contribution >= 4 is 33.4 Å². The van der Waals surface area contributed by atoms with Crippen LogP contribution < -0.4 is 5.32 Å². The van der Waals surface area contributed by atoms with Gasteiger partial charge in [0.15, 0.2) is 0 Å². The number of nitrogens with one attached hydrogen (secondary N) is 1. The van der Waals surface area contributed by atoms with Crippen LogP contribution in [0.5, 0.6) is 0 Å². The Morgan fingerprint density at radius 3 is 2.97 bits per heavy atom. The van der Waals surface area contributed by atoms with E-state index >= 15 is 0 Å². The van der Waals surface area contributed by atoms with Crippen molar-refractivity contribution in [1.82, 2.24) is 20.4 Å². The molecular formula is C22H26N4O4S. The summed E-state index contributed by atoms with van der Waals surface area (Å²) in [4.78, 5) is 33.7. The molecule has 1 unspecified atom stereocenters. The Bertz CT molecular complexity index is 1090. The SMILES string of the molecule is COCCNC(=O)c1sc2ncccc2c1C1CCN(C(=O)Cc2c(C)noc2C)C1. The first-order chi connectivity index (χ1) is 15.0. The standard InChI is InChI=1S/C22H26N4O4S/c1-13-17(14(2)30-25-13)11-18(27)26-9-6-15(12-26)19-16-5-4-7-24-22(16)31-20(19)21(28)23-8-10-29-3/h4-5,7,15H,6,8-12H2,1-3H3,(H,23,28). The quantitative estimate of drug-likeness (QED) is 0.565. The molecule has 1 N–H and O–H groups in total. The Kier molecular flexibility index (Phi) is 6.33. The van der Waals surface area contributed by atoms with E-state index in [1.54, 1.807) is 13.3 Å². The zero-order valence-electron chi connectivity index (χ0n) is 17.9. The average Bonchev–Trinajstić information content (AvgIpc) is 3.47. The maximum atomic E-state index is 12.9. The third-order valence-corrected chi connectivity index (χ3v) is 6.89. The van der Waals surface area contributed by atoms with Gasteiger partial charge in [0, 0.05) is 49.8 Å². The fourth-order valence-corrected chi connectivity index (χ4v) is 5.26. The smallest absolute Gasteiger partial charge is 0.261 e. The minimum atomic E-state index is -0.115. The van der Waals surface area contributed by atoms with Crippen molar-refractivity contribution in [3.8, 4) is 0 Å². The molecule has 4 heterocycles. The van der Waals surface area contributed by atoms with Crippen molar-refractivity contribution < 1.29 is 18.8 Å². The van der Waals surface area contributed by atoms with Crippen molar-refractivity contribution in [3.05, 3.63) is 45.8 Å². The van der Waals surface area contributed by atoms with Gasteiger partial charge < -0.3 is 19.5 Å². The van der Waals surface area contributed by atoms with E-state index in [1.807, 2.05) is 30.9 Å². The van der Waals surface area contributed by atoms with Crippen LogP contribution in [0.15, 0.2) is 22.9 Å². The van der Waals surface area contributed by atoms with Crippen molar-refractivity contribution in [2.75, 3.05) is 33.4 Å². The Morgan fingerprint density at radius 1 is 1.39 bits per heavy atom. The second kappa shape index (κ2) is 9.15. The summed E-state index contributed by atoms with van der Waals surface area (Å²) in [6.07, 6.45) is 2.83. The summed E-state index contributed by atoms with van der Waals surface area (Å²) in [6, 6.07) is 3.90. The molecule has 1 fully saturated rings. The molecule has 0 saturated carbocycles. The predicted octanol–water partition coefficient (Wildman–Crippen LogP) is 2.84. The summed E-state index contributed by atoms with van der Waals surface area (Å²) >= 11 is 1.41. The number of pyridine rings is 1. The van der Waals surface area contributed by atoms with Crippen LogP contribution in [0.2, 0.25) is 0 Å². The summed E-state index contributed by atoms with van der Waals surface area (Å²) in [5, 5.41) is 7.86. The molecule has 8 nitrogen and oxygen atoms in total. The van der Waals surface area contributed by atoms with Gasteiger partial charge in [-0.1, -0.05) is 11.2 Å². The Hall–Kier alpha value is -2.78. The highest BCUT2D eigenvalue weighted by molar-refractivity contribution is 7.20. The van der Waals surface area contributed by atoms with Gasteiger partial charge in [-0.05, 0) is 31.9 Å². The van der Waals surface area contributed by atoms with E-state index in [-0.39, 0.29) is 24.2 Å². The summed E-state index contributed by atoms with van der Waals surface area (Å²) in [7, 11) is 1.60. The van der Waals surface area contributed by atoms with E-state index in [4.69, 9.17) is 9.26 Å². The number of likely N-dealkylation sites (tertiary alicyclic amines) is 1. The van der Waals surface area contributed by atoms with Gasteiger partial charge in [0.05, 0.1) is 23.6 Å². The molecule has 164 valence electrons. The maximum Gasteiger partial charge on any atom is 0.261 e. The van der Waals surface area contributed by atoms with Crippen molar-refractivity contribution in [3.63, 3.8) is 0 Å². The molecule has 1 aliphatic rings. The van der Waals surface area contributed by atoms with Gasteiger partial charge in [0.1, 0.15) is 10.6 Å². The Morgan fingerprint density at radius 2 is 2.23 bits per heavy atom. The molecule has 9 heteroatoms. The van der Waals surface area contributed by atoms with Gasteiger partial charge in [0.2, 0.25) is 5.91 Å². The zero-order chi connectivity index (χ0) is 22.0. The van der Waals surface area contributed by atoms with Crippen molar-refractivity contribution in [2.45, 2.75) is 32.6 Å². The molecule has 1 saturated heterocycles. The van der Waals surface area contributed by atoms with Gasteiger partial charge in [-0.25, -0.2) is 4.98 Å². The maximum absolute atomic E-state index is 12.9. The van der Waals surface area contributed by atoms with Gasteiger partial charge >= 0.3 is 0 Å². The van der Waals surface area contributed by atoms with Gasteiger partial charge in [-0.2, -0.15) is 0 Å². The lowest BCUT2D eigenvalue weighted by molar-refractivity contribution is -0.129. The second-order valence-electron chi connectivity index (χ2n) is 7.75. The first-order valence-corrected chi connectivity index (χ1v) is 11.1. The normalized spacial score (nSPS) is 16.2. The lowest BCUT2D eigenvalue weighted by Crippen LogP contribution is -2.30. The summed E-state index contributed by atoms with van der Waals surface area (Å²) in [5.74, 6) is 0.720. The topological polar surface area (TPSA) is 97.6 Å². The van der Waals surface area contributed by atoms with Crippen LogP contribution in [0.25, 0.3) is 10.2 Å². The monoisotopic (exact) mass is 442 g/mol. The van der Waals surface area contributed by atoms with Gasteiger partial charge in [-0.15, -0.1) is 11.3 Å². The molecule has 1 atom stereocenters. The number of aromatic nitrogens is 2. The van der Waals surface area contributed by atoms with Crippen LogP contribution in [-0.2, 0) is 16.0 Å². The molecule has 2 amide bonds. The number of carbonyl (C=O) groups excluding carboxylic acids is 2.